The minimum atomic E-state index is -4.09. The average molecular weight is 278 g/mol. The van der Waals surface area contributed by atoms with Crippen LogP contribution >= 0.6 is 11.6 Å². The highest BCUT2D eigenvalue weighted by molar-refractivity contribution is 8.04. The zero-order valence-corrected chi connectivity index (χ0v) is 10.5. The van der Waals surface area contributed by atoms with Crippen LogP contribution in [0.2, 0.25) is 0 Å². The number of hydrogen-bond donors (Lipinski definition) is 1. The average Bonchev–Trinajstić information content (AvgIpc) is 2.34. The molecule has 1 N–H and O–H groups in total. The Hall–Kier alpha value is -1.11. The van der Waals surface area contributed by atoms with Gasteiger partial charge in [0.1, 0.15) is 6.61 Å². The van der Waals surface area contributed by atoms with Crippen LogP contribution < -0.4 is 4.72 Å². The van der Waals surface area contributed by atoms with Crippen LogP contribution in [-0.4, -0.2) is 26.1 Å². The summed E-state index contributed by atoms with van der Waals surface area (Å²) in [5.74, 6) is 0.0885. The number of sulfonamides is 1. The first-order valence-corrected chi connectivity index (χ1v) is 6.84. The molecule has 1 rings (SSSR count). The van der Waals surface area contributed by atoms with Gasteiger partial charge < -0.3 is 4.74 Å². The van der Waals surface area contributed by atoms with Crippen LogP contribution in [0.4, 0.5) is 4.79 Å². The highest BCUT2D eigenvalue weighted by Crippen LogP contribution is 2.03. The predicted octanol–water partition coefficient (Wildman–Crippen LogP) is 1.48. The Morgan fingerprint density at radius 2 is 1.94 bits per heavy atom. The lowest BCUT2D eigenvalue weighted by atomic mass is 10.2. The first-order chi connectivity index (χ1) is 8.06. The molecule has 0 aliphatic rings. The lowest BCUT2D eigenvalue weighted by Gasteiger charge is -2.05. The van der Waals surface area contributed by atoms with Gasteiger partial charge in [-0.05, 0) is 5.56 Å². The first kappa shape index (κ1) is 14.0. The molecule has 0 saturated carbocycles. The van der Waals surface area contributed by atoms with Gasteiger partial charge >= 0.3 is 15.3 Å². The maximum absolute atomic E-state index is 11.3. The Morgan fingerprint density at radius 3 is 2.53 bits per heavy atom. The van der Waals surface area contributed by atoms with Gasteiger partial charge in [-0.15, -0.1) is 11.6 Å². The third-order valence-corrected chi connectivity index (χ3v) is 3.14. The number of carbonyl (C=O) groups is 1. The number of carbonyl (C=O) groups excluding carboxylic acids is 1. The van der Waals surface area contributed by atoms with Gasteiger partial charge in [0.2, 0.25) is 0 Å². The van der Waals surface area contributed by atoms with Crippen molar-refractivity contribution < 1.29 is 17.9 Å². The molecule has 0 atom stereocenters. The third-order valence-electron chi connectivity index (χ3n) is 1.81. The number of hydrogen-bond acceptors (Lipinski definition) is 4. The fourth-order valence-corrected chi connectivity index (χ4v) is 1.94. The van der Waals surface area contributed by atoms with Crippen molar-refractivity contribution in [2.75, 3.05) is 12.4 Å². The summed E-state index contributed by atoms with van der Waals surface area (Å²) >= 11 is 5.31. The van der Waals surface area contributed by atoms with Gasteiger partial charge in [0, 0.05) is 12.4 Å². The zero-order chi connectivity index (χ0) is 12.7. The highest BCUT2D eigenvalue weighted by Gasteiger charge is 2.22. The van der Waals surface area contributed by atoms with Gasteiger partial charge in [0.15, 0.2) is 0 Å². The van der Waals surface area contributed by atoms with Crippen LogP contribution in [0.5, 0.6) is 0 Å². The van der Waals surface area contributed by atoms with Gasteiger partial charge in [-0.2, -0.15) is 0 Å². The summed E-state index contributed by atoms with van der Waals surface area (Å²) in [6.45, 7) is -0.0915. The number of ether oxygens (including phenoxy) is 1. The van der Waals surface area contributed by atoms with E-state index in [-0.39, 0.29) is 19.0 Å². The molecule has 0 radical (unpaired) electrons. The molecule has 0 fully saturated rings. The lowest BCUT2D eigenvalue weighted by molar-refractivity contribution is 0.165. The van der Waals surface area contributed by atoms with Crippen LogP contribution in [0.25, 0.3) is 0 Å². The molecule has 0 bridgehead atoms. The Labute approximate surface area is 105 Å². The normalized spacial score (nSPS) is 11.1. The van der Waals surface area contributed by atoms with Crippen LogP contribution in [0.15, 0.2) is 30.3 Å². The summed E-state index contributed by atoms with van der Waals surface area (Å²) < 4.78 is 29.2. The predicted molar refractivity (Wildman–Crippen MR) is 64.3 cm³/mol. The third kappa shape index (κ3) is 4.72. The number of halogens is 1. The molecular formula is C10H12ClNO4S. The molecule has 0 aromatic heterocycles. The van der Waals surface area contributed by atoms with Crippen LogP contribution in [0.1, 0.15) is 5.56 Å². The Kier molecular flexibility index (Phi) is 5.40. The standard InChI is InChI=1S/C10H12ClNO4S/c11-6-7-12-17(14,15)10(13)16-8-9-4-2-1-3-5-9/h1-5,12H,6-8H2. The van der Waals surface area contributed by atoms with Gasteiger partial charge in [0.05, 0.1) is 0 Å². The second-order valence-corrected chi connectivity index (χ2v) is 5.12. The van der Waals surface area contributed by atoms with Crippen molar-refractivity contribution in [1.82, 2.24) is 4.72 Å². The van der Waals surface area contributed by atoms with Crippen molar-refractivity contribution in [1.29, 1.82) is 0 Å². The van der Waals surface area contributed by atoms with E-state index in [9.17, 15) is 13.2 Å². The van der Waals surface area contributed by atoms with E-state index in [2.05, 4.69) is 4.74 Å². The zero-order valence-electron chi connectivity index (χ0n) is 8.93. The van der Waals surface area contributed by atoms with Gasteiger partial charge in [-0.3, -0.25) is 0 Å². The second kappa shape index (κ2) is 6.58. The van der Waals surface area contributed by atoms with E-state index < -0.39 is 15.3 Å². The van der Waals surface area contributed by atoms with Crippen molar-refractivity contribution in [3.63, 3.8) is 0 Å². The van der Waals surface area contributed by atoms with Crippen molar-refractivity contribution in [3.8, 4) is 0 Å². The van der Waals surface area contributed by atoms with Gasteiger partial charge in [0.25, 0.3) is 0 Å². The van der Waals surface area contributed by atoms with Gasteiger partial charge in [-0.1, -0.05) is 30.3 Å². The topological polar surface area (TPSA) is 72.5 Å². The maximum atomic E-state index is 11.3. The fraction of sp³-hybridized carbons (Fsp3) is 0.300. The molecule has 0 heterocycles. The van der Waals surface area contributed by atoms with Crippen molar-refractivity contribution in [3.05, 3.63) is 35.9 Å². The van der Waals surface area contributed by atoms with E-state index in [1.807, 2.05) is 10.8 Å². The molecule has 1 aromatic carbocycles. The van der Waals surface area contributed by atoms with E-state index in [0.717, 1.165) is 0 Å². The van der Waals surface area contributed by atoms with E-state index in [0.29, 0.717) is 5.56 Å². The van der Waals surface area contributed by atoms with Crippen LogP contribution in [0.3, 0.4) is 0 Å². The molecule has 0 amide bonds. The summed E-state index contributed by atoms with van der Waals surface area (Å²) in [6, 6.07) is 8.80. The van der Waals surface area contributed by atoms with Crippen molar-refractivity contribution in [2.45, 2.75) is 6.61 Å². The quantitative estimate of drug-likeness (QED) is 0.654. The Morgan fingerprint density at radius 1 is 1.29 bits per heavy atom. The summed E-state index contributed by atoms with van der Waals surface area (Å²) in [5.41, 5.74) is 0.716. The molecule has 0 saturated heterocycles. The SMILES string of the molecule is O=C(OCc1ccccc1)S(=O)(=O)NCCCl. The smallest absolute Gasteiger partial charge is 0.440 e. The van der Waals surface area contributed by atoms with E-state index >= 15 is 0 Å². The fourth-order valence-electron chi connectivity index (χ4n) is 1.03. The molecule has 5 nitrogen and oxygen atoms in total. The summed E-state index contributed by atoms with van der Waals surface area (Å²) in [7, 11) is -4.09. The second-order valence-electron chi connectivity index (χ2n) is 3.11. The van der Waals surface area contributed by atoms with E-state index in [1.54, 1.807) is 24.3 Å². The number of rotatable bonds is 5. The molecule has 1 aromatic rings. The molecule has 94 valence electrons. The van der Waals surface area contributed by atoms with Crippen LogP contribution in [0, 0.1) is 0 Å². The molecule has 0 unspecified atom stereocenters. The number of benzene rings is 1. The molecular weight excluding hydrogens is 266 g/mol. The Balaban J connectivity index is 2.50. The van der Waals surface area contributed by atoms with E-state index in [1.165, 1.54) is 0 Å². The highest BCUT2D eigenvalue weighted by atomic mass is 35.5. The summed E-state index contributed by atoms with van der Waals surface area (Å²) in [6.07, 6.45) is 0. The van der Waals surface area contributed by atoms with Crippen molar-refractivity contribution in [2.24, 2.45) is 0 Å². The minimum Gasteiger partial charge on any atom is -0.448 e. The van der Waals surface area contributed by atoms with E-state index in [4.69, 9.17) is 11.6 Å². The maximum Gasteiger partial charge on any atom is 0.440 e. The molecule has 7 heteroatoms. The Bertz CT molecular complexity index is 460. The van der Waals surface area contributed by atoms with Crippen LogP contribution in [-0.2, 0) is 21.4 Å². The van der Waals surface area contributed by atoms with Gasteiger partial charge in [-0.25, -0.2) is 17.9 Å². The summed E-state index contributed by atoms with van der Waals surface area (Å²) in [4.78, 5) is 11.2. The minimum absolute atomic E-state index is 0.00960. The lowest BCUT2D eigenvalue weighted by Crippen LogP contribution is -2.32. The molecule has 17 heavy (non-hydrogen) atoms. The number of nitrogens with one attached hydrogen (secondary N) is 1. The largest absolute Gasteiger partial charge is 0.448 e. The molecule has 0 spiro atoms. The summed E-state index contributed by atoms with van der Waals surface area (Å²) in [5, 5.41) is -1.30. The molecule has 0 aliphatic carbocycles. The number of alkyl halides is 1. The molecule has 0 aliphatic heterocycles. The first-order valence-electron chi connectivity index (χ1n) is 4.82. The monoisotopic (exact) mass is 277 g/mol. The van der Waals surface area contributed by atoms with Crippen molar-refractivity contribution >= 4 is 26.9 Å².